The van der Waals surface area contributed by atoms with Gasteiger partial charge in [0.2, 0.25) is 0 Å². The molecule has 0 aromatic heterocycles. The Hall–Kier alpha value is -0.610. The summed E-state index contributed by atoms with van der Waals surface area (Å²) >= 11 is 0. The SMILES string of the molecule is C[C@]12CCC(=O)C[C@@H]1CC[C@@H]1[C@@H]2CC[C@]2(C)[C@@H](OCCO[C@H]3O[C@H](CO)[C@@H](O)[C@H](O)[C@H]3O)CC[C@@H]12. The summed E-state index contributed by atoms with van der Waals surface area (Å²) in [5.41, 5.74) is 0.467. The number of hydrogen-bond acceptors (Lipinski definition) is 8. The smallest absolute Gasteiger partial charge is 0.186 e. The van der Waals surface area contributed by atoms with Crippen LogP contribution in [0.25, 0.3) is 0 Å². The minimum Gasteiger partial charge on any atom is -0.394 e. The molecule has 1 aliphatic heterocycles. The molecule has 0 unspecified atom stereocenters. The summed E-state index contributed by atoms with van der Waals surface area (Å²) < 4.78 is 17.4. The molecular weight excluding hydrogens is 452 g/mol. The molecule has 0 aromatic rings. The predicted octanol–water partition coefficient (Wildman–Crippen LogP) is 1.80. The number of ether oxygens (including phenoxy) is 3. The van der Waals surface area contributed by atoms with Crippen molar-refractivity contribution >= 4 is 5.78 Å². The highest BCUT2D eigenvalue weighted by Crippen LogP contribution is 2.66. The molecule has 4 saturated carbocycles. The van der Waals surface area contributed by atoms with E-state index in [1.54, 1.807) is 0 Å². The first-order chi connectivity index (χ1) is 16.7. The molecule has 0 amide bonds. The lowest BCUT2D eigenvalue weighted by molar-refractivity contribution is -0.303. The zero-order valence-corrected chi connectivity index (χ0v) is 21.2. The largest absolute Gasteiger partial charge is 0.394 e. The van der Waals surface area contributed by atoms with Gasteiger partial charge >= 0.3 is 0 Å². The van der Waals surface area contributed by atoms with Gasteiger partial charge in [-0.1, -0.05) is 13.8 Å². The molecule has 35 heavy (non-hydrogen) atoms. The van der Waals surface area contributed by atoms with Gasteiger partial charge in [0.05, 0.1) is 25.9 Å². The van der Waals surface area contributed by atoms with Crippen LogP contribution in [0.2, 0.25) is 0 Å². The van der Waals surface area contributed by atoms with E-state index in [4.69, 9.17) is 14.2 Å². The molecule has 4 N–H and O–H groups in total. The Morgan fingerprint density at radius 1 is 0.886 bits per heavy atom. The van der Waals surface area contributed by atoms with Crippen molar-refractivity contribution < 1.29 is 39.4 Å². The van der Waals surface area contributed by atoms with Gasteiger partial charge < -0.3 is 34.6 Å². The Morgan fingerprint density at radius 2 is 1.63 bits per heavy atom. The van der Waals surface area contributed by atoms with Crippen LogP contribution in [0.5, 0.6) is 0 Å². The number of Topliss-reactive ketones (excluding diaryl/α,β-unsaturated/α-hetero) is 1. The highest BCUT2D eigenvalue weighted by Gasteiger charge is 2.60. The molecule has 0 aromatic carbocycles. The second kappa shape index (κ2) is 9.93. The van der Waals surface area contributed by atoms with Crippen LogP contribution in [-0.2, 0) is 19.0 Å². The third-order valence-electron chi connectivity index (χ3n) is 10.9. The summed E-state index contributed by atoms with van der Waals surface area (Å²) in [5.74, 6) is 3.14. The molecule has 0 radical (unpaired) electrons. The summed E-state index contributed by atoms with van der Waals surface area (Å²) in [6.07, 6.45) is 3.55. The Bertz CT molecular complexity index is 774. The van der Waals surface area contributed by atoms with E-state index in [9.17, 15) is 25.2 Å². The van der Waals surface area contributed by atoms with Crippen molar-refractivity contribution in [1.29, 1.82) is 0 Å². The standard InChI is InChI=1S/C27H44O8/c1-26-9-7-16(29)13-15(26)3-4-17-18-5-6-21(27(18,2)10-8-19(17)26)33-11-12-34-25-24(32)23(31)22(30)20(14-28)35-25/h15,17-25,28,30-32H,3-14H2,1-2H3/t15-,17-,18-,19-,20+,21-,22+,23-,24+,25-,26-,27-/m0/s1. The van der Waals surface area contributed by atoms with Crippen molar-refractivity contribution in [2.75, 3.05) is 19.8 Å². The monoisotopic (exact) mass is 496 g/mol. The second-order valence-electron chi connectivity index (χ2n) is 12.4. The van der Waals surface area contributed by atoms with Crippen molar-refractivity contribution in [3.63, 3.8) is 0 Å². The highest BCUT2D eigenvalue weighted by atomic mass is 16.7. The maximum absolute atomic E-state index is 12.1. The molecule has 8 heteroatoms. The predicted molar refractivity (Wildman–Crippen MR) is 126 cm³/mol. The van der Waals surface area contributed by atoms with Gasteiger partial charge in [-0.2, -0.15) is 0 Å². The minimum atomic E-state index is -1.43. The van der Waals surface area contributed by atoms with Gasteiger partial charge in [-0.25, -0.2) is 0 Å². The summed E-state index contributed by atoms with van der Waals surface area (Å²) in [6.45, 7) is 4.96. The number of carbonyl (C=O) groups is 1. The van der Waals surface area contributed by atoms with E-state index in [2.05, 4.69) is 13.8 Å². The van der Waals surface area contributed by atoms with E-state index in [-0.39, 0.29) is 18.1 Å². The van der Waals surface area contributed by atoms with Gasteiger partial charge in [0.25, 0.3) is 0 Å². The van der Waals surface area contributed by atoms with Gasteiger partial charge in [-0.15, -0.1) is 0 Å². The molecular formula is C27H44O8. The average Bonchev–Trinajstić information content (AvgIpc) is 3.18. The Labute approximate surface area is 208 Å². The number of rotatable bonds is 6. The Balaban J connectivity index is 1.15. The van der Waals surface area contributed by atoms with Crippen LogP contribution >= 0.6 is 0 Å². The minimum absolute atomic E-state index is 0.151. The molecule has 0 bridgehead atoms. The highest BCUT2D eigenvalue weighted by molar-refractivity contribution is 5.79. The lowest BCUT2D eigenvalue weighted by Gasteiger charge is -2.60. The molecule has 200 valence electrons. The molecule has 1 saturated heterocycles. The molecule has 0 spiro atoms. The Kier molecular flexibility index (Phi) is 7.38. The first-order valence-electron chi connectivity index (χ1n) is 13.7. The van der Waals surface area contributed by atoms with Gasteiger partial charge in [-0.05, 0) is 79.4 Å². The van der Waals surface area contributed by atoms with Gasteiger partial charge in [0.1, 0.15) is 30.2 Å². The average molecular weight is 497 g/mol. The quantitative estimate of drug-likeness (QED) is 0.410. The summed E-state index contributed by atoms with van der Waals surface area (Å²) in [5, 5.41) is 39.3. The number of aliphatic hydroxyl groups excluding tert-OH is 4. The van der Waals surface area contributed by atoms with E-state index < -0.39 is 37.3 Å². The number of aliphatic hydroxyl groups is 4. The van der Waals surface area contributed by atoms with Crippen LogP contribution in [0.1, 0.15) is 71.6 Å². The maximum atomic E-state index is 12.1. The zero-order chi connectivity index (χ0) is 25.0. The number of hydrogen-bond donors (Lipinski definition) is 4. The lowest BCUT2D eigenvalue weighted by atomic mass is 9.45. The van der Waals surface area contributed by atoms with Crippen LogP contribution in [0.15, 0.2) is 0 Å². The van der Waals surface area contributed by atoms with Crippen molar-refractivity contribution in [2.24, 2.45) is 34.5 Å². The molecule has 4 aliphatic carbocycles. The van der Waals surface area contributed by atoms with Crippen molar-refractivity contribution in [1.82, 2.24) is 0 Å². The normalized spacial score (nSPS) is 52.0. The summed E-state index contributed by atoms with van der Waals surface area (Å²) in [4.78, 5) is 12.1. The van der Waals surface area contributed by atoms with Gasteiger partial charge in [-0.3, -0.25) is 4.79 Å². The zero-order valence-electron chi connectivity index (χ0n) is 21.2. The van der Waals surface area contributed by atoms with E-state index in [1.807, 2.05) is 0 Å². The van der Waals surface area contributed by atoms with Crippen molar-refractivity contribution in [3.05, 3.63) is 0 Å². The first kappa shape index (κ1) is 26.0. The number of fused-ring (bicyclic) bond motifs is 5. The molecule has 5 fully saturated rings. The molecule has 12 atom stereocenters. The van der Waals surface area contributed by atoms with Gasteiger partial charge in [0.15, 0.2) is 6.29 Å². The van der Waals surface area contributed by atoms with Crippen LogP contribution in [0.3, 0.4) is 0 Å². The summed E-state index contributed by atoms with van der Waals surface area (Å²) in [6, 6.07) is 0. The molecule has 8 nitrogen and oxygen atoms in total. The van der Waals surface area contributed by atoms with Crippen molar-refractivity contribution in [2.45, 2.75) is 108 Å². The van der Waals surface area contributed by atoms with Crippen LogP contribution in [-0.4, -0.2) is 82.8 Å². The third kappa shape index (κ3) is 4.41. The van der Waals surface area contributed by atoms with Crippen molar-refractivity contribution in [3.8, 4) is 0 Å². The fourth-order valence-electron chi connectivity index (χ4n) is 8.83. The Morgan fingerprint density at radius 3 is 2.40 bits per heavy atom. The van der Waals surface area contributed by atoms with E-state index in [0.29, 0.717) is 29.6 Å². The summed E-state index contributed by atoms with van der Waals surface area (Å²) in [7, 11) is 0. The van der Waals surface area contributed by atoms with Crippen LogP contribution in [0.4, 0.5) is 0 Å². The van der Waals surface area contributed by atoms with Crippen LogP contribution in [0, 0.1) is 34.5 Å². The molecule has 5 rings (SSSR count). The third-order valence-corrected chi connectivity index (χ3v) is 10.9. The molecule has 1 heterocycles. The van der Waals surface area contributed by atoms with Crippen LogP contribution < -0.4 is 0 Å². The maximum Gasteiger partial charge on any atom is 0.186 e. The second-order valence-corrected chi connectivity index (χ2v) is 12.4. The van der Waals surface area contributed by atoms with E-state index in [1.165, 1.54) is 25.7 Å². The topological polar surface area (TPSA) is 126 Å². The number of ketones is 1. The fourth-order valence-corrected chi connectivity index (χ4v) is 8.83. The molecule has 5 aliphatic rings. The van der Waals surface area contributed by atoms with Gasteiger partial charge in [0, 0.05) is 12.8 Å². The fraction of sp³-hybridized carbons (Fsp3) is 0.963. The number of carbonyl (C=O) groups excluding carboxylic acids is 1. The van der Waals surface area contributed by atoms with E-state index >= 15 is 0 Å². The van der Waals surface area contributed by atoms with E-state index in [0.717, 1.165) is 43.9 Å². The first-order valence-corrected chi connectivity index (χ1v) is 13.7. The lowest BCUT2D eigenvalue weighted by Crippen LogP contribution is -2.59.